The molecule has 2 aromatic carbocycles. The molecule has 0 saturated carbocycles. The molecular weight excluding hydrogens is 438 g/mol. The van der Waals surface area contributed by atoms with E-state index in [0.717, 1.165) is 16.0 Å². The number of imide groups is 1. The van der Waals surface area contributed by atoms with Crippen LogP contribution in [0.4, 0.5) is 10.5 Å². The third-order valence-corrected chi connectivity index (χ3v) is 5.66. The van der Waals surface area contributed by atoms with Crippen LogP contribution in [0.2, 0.25) is 0 Å². The van der Waals surface area contributed by atoms with E-state index in [0.29, 0.717) is 5.56 Å². The standard InChI is InChI=1S/C25H29N3O6/c1-16-9-8-10-18(13-16)14-25(21(15-27(32)33)26-17(2)29)19-11-6-7-12-20(19)28(22(25)30)23(31)34-24(3,4)5/h6-13,21H,14-15H2,1-5H3,(H,26,29)/t21-,25-/m1/s1. The minimum absolute atomic E-state index is 0.0443. The zero-order valence-corrected chi connectivity index (χ0v) is 20.0. The summed E-state index contributed by atoms with van der Waals surface area (Å²) in [6, 6.07) is 12.9. The first kappa shape index (κ1) is 24.9. The smallest absolute Gasteiger partial charge is 0.421 e. The second-order valence-corrected chi connectivity index (χ2v) is 9.54. The van der Waals surface area contributed by atoms with E-state index in [1.54, 1.807) is 45.0 Å². The number of nitrogens with zero attached hydrogens (tertiary/aromatic N) is 2. The van der Waals surface area contributed by atoms with Gasteiger partial charge in [0.05, 0.1) is 5.69 Å². The van der Waals surface area contributed by atoms with Crippen molar-refractivity contribution < 1.29 is 24.0 Å². The number of nitro groups is 1. The lowest BCUT2D eigenvalue weighted by molar-refractivity contribution is -0.484. The first-order valence-electron chi connectivity index (χ1n) is 11.0. The number of fused-ring (bicyclic) bond motifs is 1. The number of amides is 3. The Morgan fingerprint density at radius 3 is 2.44 bits per heavy atom. The minimum Gasteiger partial charge on any atom is -0.443 e. The second kappa shape index (κ2) is 9.24. The molecule has 0 radical (unpaired) electrons. The number of aryl methyl sites for hydroxylation is 1. The molecule has 2 atom stereocenters. The molecule has 1 N–H and O–H groups in total. The van der Waals surface area contributed by atoms with Crippen LogP contribution in [-0.4, -0.2) is 41.0 Å². The van der Waals surface area contributed by atoms with Crippen molar-refractivity contribution >= 4 is 23.6 Å². The fourth-order valence-electron chi connectivity index (χ4n) is 4.45. The minimum atomic E-state index is -1.60. The highest BCUT2D eigenvalue weighted by molar-refractivity contribution is 6.21. The fraction of sp³-hybridized carbons (Fsp3) is 0.400. The van der Waals surface area contributed by atoms with E-state index in [-0.39, 0.29) is 12.1 Å². The van der Waals surface area contributed by atoms with Crippen LogP contribution in [0, 0.1) is 17.0 Å². The molecule has 0 unspecified atom stereocenters. The van der Waals surface area contributed by atoms with Crippen molar-refractivity contribution in [1.29, 1.82) is 0 Å². The highest BCUT2D eigenvalue weighted by Crippen LogP contribution is 2.47. The molecule has 9 nitrogen and oxygen atoms in total. The maximum Gasteiger partial charge on any atom is 0.421 e. The van der Waals surface area contributed by atoms with Gasteiger partial charge in [-0.1, -0.05) is 48.0 Å². The van der Waals surface area contributed by atoms with Gasteiger partial charge < -0.3 is 10.1 Å². The highest BCUT2D eigenvalue weighted by Gasteiger charge is 2.59. The largest absolute Gasteiger partial charge is 0.443 e. The molecule has 0 bridgehead atoms. The van der Waals surface area contributed by atoms with Gasteiger partial charge in [0, 0.05) is 11.8 Å². The Balaban J connectivity index is 2.26. The van der Waals surface area contributed by atoms with Crippen LogP contribution in [-0.2, 0) is 26.2 Å². The number of hydrogen-bond donors (Lipinski definition) is 1. The maximum atomic E-state index is 14.2. The summed E-state index contributed by atoms with van der Waals surface area (Å²) in [4.78, 5) is 51.5. The van der Waals surface area contributed by atoms with Gasteiger partial charge in [-0.05, 0) is 51.3 Å². The molecule has 9 heteroatoms. The average Bonchev–Trinajstić information content (AvgIpc) is 2.94. The molecule has 1 aliphatic heterocycles. The molecule has 3 amide bonds. The molecule has 0 aromatic heterocycles. The lowest BCUT2D eigenvalue weighted by Gasteiger charge is -2.35. The SMILES string of the molecule is CC(=O)N[C@H](C[N+](=O)[O-])[C@]1(Cc2cccc(C)c2)C(=O)N(C(=O)OC(C)(C)C)c2ccccc21. The Labute approximate surface area is 198 Å². The number of anilines is 1. The number of carbonyl (C=O) groups is 3. The Hall–Kier alpha value is -3.75. The molecule has 0 saturated heterocycles. The number of benzene rings is 2. The fourth-order valence-corrected chi connectivity index (χ4v) is 4.45. The maximum absolute atomic E-state index is 14.2. The van der Waals surface area contributed by atoms with Gasteiger partial charge in [-0.2, -0.15) is 0 Å². The van der Waals surface area contributed by atoms with Crippen LogP contribution >= 0.6 is 0 Å². The van der Waals surface area contributed by atoms with Gasteiger partial charge in [-0.3, -0.25) is 19.7 Å². The monoisotopic (exact) mass is 467 g/mol. The summed E-state index contributed by atoms with van der Waals surface area (Å²) >= 11 is 0. The van der Waals surface area contributed by atoms with Crippen molar-refractivity contribution in [2.45, 2.75) is 58.1 Å². The lowest BCUT2D eigenvalue weighted by atomic mass is 9.70. The van der Waals surface area contributed by atoms with Gasteiger partial charge in [0.1, 0.15) is 17.1 Å². The van der Waals surface area contributed by atoms with Crippen molar-refractivity contribution in [3.05, 3.63) is 75.3 Å². The van der Waals surface area contributed by atoms with Crippen LogP contribution in [0.25, 0.3) is 0 Å². The number of carbonyl (C=O) groups excluding carboxylic acids is 3. The number of nitrogens with one attached hydrogen (secondary N) is 1. The Morgan fingerprint density at radius 1 is 1.18 bits per heavy atom. The van der Waals surface area contributed by atoms with Gasteiger partial charge in [-0.15, -0.1) is 0 Å². The zero-order valence-electron chi connectivity index (χ0n) is 20.0. The van der Waals surface area contributed by atoms with Crippen molar-refractivity contribution in [1.82, 2.24) is 5.32 Å². The summed E-state index contributed by atoms with van der Waals surface area (Å²) in [6.07, 6.45) is -0.832. The Morgan fingerprint density at radius 2 is 1.85 bits per heavy atom. The number of rotatable bonds is 6. The number of ether oxygens (including phenoxy) is 1. The average molecular weight is 468 g/mol. The summed E-state index contributed by atoms with van der Waals surface area (Å²) in [5, 5.41) is 14.3. The van der Waals surface area contributed by atoms with Crippen molar-refractivity contribution in [3.63, 3.8) is 0 Å². The number of hydrogen-bond acceptors (Lipinski definition) is 6. The van der Waals surface area contributed by atoms with Crippen molar-refractivity contribution in [2.75, 3.05) is 11.4 Å². The summed E-state index contributed by atoms with van der Waals surface area (Å²) in [5.41, 5.74) is -0.0684. The summed E-state index contributed by atoms with van der Waals surface area (Å²) in [5.74, 6) is -1.19. The highest BCUT2D eigenvalue weighted by atomic mass is 16.6. The third kappa shape index (κ3) is 4.93. The molecule has 0 spiro atoms. The molecule has 2 aromatic rings. The molecule has 0 aliphatic carbocycles. The summed E-state index contributed by atoms with van der Waals surface area (Å²) in [6.45, 7) is 7.49. The zero-order chi connectivity index (χ0) is 25.3. The van der Waals surface area contributed by atoms with E-state index in [4.69, 9.17) is 4.74 Å². The molecule has 1 aliphatic rings. The number of para-hydroxylation sites is 1. The van der Waals surface area contributed by atoms with Gasteiger partial charge in [0.2, 0.25) is 18.4 Å². The first-order valence-corrected chi connectivity index (χ1v) is 11.0. The van der Waals surface area contributed by atoms with Gasteiger partial charge in [-0.25, -0.2) is 9.69 Å². The third-order valence-electron chi connectivity index (χ3n) is 5.66. The van der Waals surface area contributed by atoms with E-state index < -0.39 is 46.4 Å². The van der Waals surface area contributed by atoms with Crippen LogP contribution in [0.15, 0.2) is 48.5 Å². The van der Waals surface area contributed by atoms with E-state index in [9.17, 15) is 24.5 Å². The van der Waals surface area contributed by atoms with Crippen molar-refractivity contribution in [2.24, 2.45) is 0 Å². The molecule has 3 rings (SSSR count). The topological polar surface area (TPSA) is 119 Å². The molecule has 1 heterocycles. The van der Waals surface area contributed by atoms with Crippen LogP contribution in [0.3, 0.4) is 0 Å². The molecule has 0 fully saturated rings. The van der Waals surface area contributed by atoms with Crippen LogP contribution < -0.4 is 10.2 Å². The predicted molar refractivity (Wildman–Crippen MR) is 126 cm³/mol. The van der Waals surface area contributed by atoms with Gasteiger partial charge in [0.15, 0.2) is 0 Å². The van der Waals surface area contributed by atoms with Crippen LogP contribution in [0.5, 0.6) is 0 Å². The predicted octanol–water partition coefficient (Wildman–Crippen LogP) is 3.54. The normalized spacial score (nSPS) is 18.3. The quantitative estimate of drug-likeness (QED) is 0.513. The molecule has 180 valence electrons. The van der Waals surface area contributed by atoms with E-state index in [2.05, 4.69) is 5.32 Å². The Bertz CT molecular complexity index is 1120. The van der Waals surface area contributed by atoms with Crippen LogP contribution in [0.1, 0.15) is 44.4 Å². The van der Waals surface area contributed by atoms with Gasteiger partial charge >= 0.3 is 6.09 Å². The van der Waals surface area contributed by atoms with E-state index in [1.807, 2.05) is 31.2 Å². The van der Waals surface area contributed by atoms with E-state index >= 15 is 0 Å². The second-order valence-electron chi connectivity index (χ2n) is 9.54. The summed E-state index contributed by atoms with van der Waals surface area (Å²) in [7, 11) is 0. The molecular formula is C25H29N3O6. The first-order chi connectivity index (χ1) is 15.8. The molecule has 34 heavy (non-hydrogen) atoms. The Kier molecular flexibility index (Phi) is 6.77. The summed E-state index contributed by atoms with van der Waals surface area (Å²) < 4.78 is 5.50. The van der Waals surface area contributed by atoms with Crippen molar-refractivity contribution in [3.8, 4) is 0 Å². The lowest BCUT2D eigenvalue weighted by Crippen LogP contribution is -2.60. The van der Waals surface area contributed by atoms with E-state index in [1.165, 1.54) is 6.92 Å². The van der Waals surface area contributed by atoms with Gasteiger partial charge in [0.25, 0.3) is 0 Å².